The topological polar surface area (TPSA) is 24.9 Å². The number of hydrogen-bond donors (Lipinski definition) is 1. The molecule has 1 N–H and O–H groups in total. The molecule has 18 heavy (non-hydrogen) atoms. The number of nitrogens with zero attached hydrogens (tertiary/aromatic N) is 1. The second-order valence-electron chi connectivity index (χ2n) is 4.69. The molecule has 0 saturated heterocycles. The van der Waals surface area contributed by atoms with Crippen LogP contribution in [0.2, 0.25) is 0 Å². The molecular weight excluding hydrogens is 288 g/mol. The molecule has 0 fully saturated rings. The van der Waals surface area contributed by atoms with E-state index in [9.17, 15) is 0 Å². The molecule has 0 bridgehead atoms. The zero-order valence-corrected chi connectivity index (χ0v) is 12.7. The molecule has 2 aromatic rings. The standard InChI is InChI=1S/C15H17BrN2/c1-9-7-11(3)14(12(4)8-9)18-15-13(16)10(2)5-6-17-15/h5-8H,1-4H3,(H,17,18). The van der Waals surface area contributed by atoms with E-state index in [2.05, 4.69) is 66.1 Å². The predicted octanol–water partition coefficient (Wildman–Crippen LogP) is 4.82. The maximum absolute atomic E-state index is 4.38. The van der Waals surface area contributed by atoms with Crippen molar-refractivity contribution in [3.8, 4) is 0 Å². The summed E-state index contributed by atoms with van der Waals surface area (Å²) in [5.74, 6) is 0.866. The van der Waals surface area contributed by atoms with E-state index in [0.29, 0.717) is 0 Å². The monoisotopic (exact) mass is 304 g/mol. The summed E-state index contributed by atoms with van der Waals surface area (Å²) >= 11 is 3.58. The zero-order valence-electron chi connectivity index (χ0n) is 11.1. The first-order valence-corrected chi connectivity index (χ1v) is 6.74. The van der Waals surface area contributed by atoms with Crippen LogP contribution in [0.1, 0.15) is 22.3 Å². The molecule has 1 aromatic carbocycles. The van der Waals surface area contributed by atoms with Crippen LogP contribution in [0, 0.1) is 27.7 Å². The highest BCUT2D eigenvalue weighted by Crippen LogP contribution is 2.30. The van der Waals surface area contributed by atoms with E-state index in [-0.39, 0.29) is 0 Å². The Hall–Kier alpha value is -1.35. The van der Waals surface area contributed by atoms with E-state index in [0.717, 1.165) is 16.0 Å². The van der Waals surface area contributed by atoms with Gasteiger partial charge in [-0.2, -0.15) is 0 Å². The van der Waals surface area contributed by atoms with Gasteiger partial charge in [-0.3, -0.25) is 0 Å². The fourth-order valence-electron chi connectivity index (χ4n) is 2.12. The van der Waals surface area contributed by atoms with E-state index in [4.69, 9.17) is 0 Å². The van der Waals surface area contributed by atoms with E-state index < -0.39 is 0 Å². The minimum Gasteiger partial charge on any atom is -0.339 e. The number of rotatable bonds is 2. The van der Waals surface area contributed by atoms with Crippen molar-refractivity contribution in [2.45, 2.75) is 27.7 Å². The van der Waals surface area contributed by atoms with Crippen LogP contribution in [-0.4, -0.2) is 4.98 Å². The van der Waals surface area contributed by atoms with Crippen LogP contribution in [0.25, 0.3) is 0 Å². The largest absolute Gasteiger partial charge is 0.339 e. The van der Waals surface area contributed by atoms with Crippen molar-refractivity contribution < 1.29 is 0 Å². The summed E-state index contributed by atoms with van der Waals surface area (Å²) in [5, 5.41) is 3.42. The lowest BCUT2D eigenvalue weighted by molar-refractivity contribution is 1.23. The van der Waals surface area contributed by atoms with Crippen LogP contribution >= 0.6 is 15.9 Å². The van der Waals surface area contributed by atoms with E-state index in [1.165, 1.54) is 22.3 Å². The third-order valence-electron chi connectivity index (χ3n) is 3.00. The van der Waals surface area contributed by atoms with Crippen molar-refractivity contribution in [3.63, 3.8) is 0 Å². The molecule has 0 spiro atoms. The third kappa shape index (κ3) is 2.56. The zero-order chi connectivity index (χ0) is 13.3. The molecule has 0 amide bonds. The minimum absolute atomic E-state index is 0.866. The summed E-state index contributed by atoms with van der Waals surface area (Å²) in [4.78, 5) is 4.38. The van der Waals surface area contributed by atoms with Gasteiger partial charge in [-0.05, 0) is 66.4 Å². The lowest BCUT2D eigenvalue weighted by atomic mass is 10.1. The number of hydrogen-bond acceptors (Lipinski definition) is 2. The van der Waals surface area contributed by atoms with Gasteiger partial charge >= 0.3 is 0 Å². The van der Waals surface area contributed by atoms with Crippen molar-refractivity contribution in [3.05, 3.63) is 51.1 Å². The molecule has 3 heteroatoms. The summed E-state index contributed by atoms with van der Waals surface area (Å²) in [6, 6.07) is 6.35. The number of pyridine rings is 1. The fourth-order valence-corrected chi connectivity index (χ4v) is 2.46. The average molecular weight is 305 g/mol. The lowest BCUT2D eigenvalue weighted by Crippen LogP contribution is -2.00. The van der Waals surface area contributed by atoms with Crippen LogP contribution in [-0.2, 0) is 0 Å². The van der Waals surface area contributed by atoms with Crippen molar-refractivity contribution in [1.82, 2.24) is 4.98 Å². The molecule has 0 radical (unpaired) electrons. The quantitative estimate of drug-likeness (QED) is 0.860. The van der Waals surface area contributed by atoms with Gasteiger partial charge in [-0.25, -0.2) is 4.98 Å². The Balaban J connectivity index is 2.43. The number of benzene rings is 1. The molecular formula is C15H17BrN2. The molecule has 2 rings (SSSR count). The molecule has 0 unspecified atom stereocenters. The van der Waals surface area contributed by atoms with Gasteiger partial charge in [-0.15, -0.1) is 0 Å². The summed E-state index contributed by atoms with van der Waals surface area (Å²) in [6.07, 6.45) is 1.82. The van der Waals surface area contributed by atoms with E-state index in [1.807, 2.05) is 12.3 Å². The molecule has 1 heterocycles. The Morgan fingerprint density at radius 1 is 1.00 bits per heavy atom. The molecule has 0 aliphatic heterocycles. The molecule has 94 valence electrons. The molecule has 0 aliphatic rings. The Morgan fingerprint density at radius 3 is 2.22 bits per heavy atom. The van der Waals surface area contributed by atoms with Crippen LogP contribution in [0.3, 0.4) is 0 Å². The highest BCUT2D eigenvalue weighted by molar-refractivity contribution is 9.10. The molecule has 1 aromatic heterocycles. The Labute approximate surface area is 117 Å². The molecule has 0 atom stereocenters. The summed E-state index contributed by atoms with van der Waals surface area (Å²) in [7, 11) is 0. The van der Waals surface area contributed by atoms with Crippen molar-refractivity contribution >= 4 is 27.4 Å². The number of aromatic nitrogens is 1. The number of aryl methyl sites for hydroxylation is 4. The fraction of sp³-hybridized carbons (Fsp3) is 0.267. The van der Waals surface area contributed by atoms with Gasteiger partial charge in [0, 0.05) is 11.9 Å². The summed E-state index contributed by atoms with van der Waals surface area (Å²) in [5.41, 5.74) is 6.08. The van der Waals surface area contributed by atoms with E-state index in [1.54, 1.807) is 0 Å². The van der Waals surface area contributed by atoms with Crippen LogP contribution < -0.4 is 5.32 Å². The first-order valence-electron chi connectivity index (χ1n) is 5.95. The van der Waals surface area contributed by atoms with Gasteiger partial charge < -0.3 is 5.32 Å². The third-order valence-corrected chi connectivity index (χ3v) is 4.00. The normalized spacial score (nSPS) is 10.5. The highest BCUT2D eigenvalue weighted by Gasteiger charge is 2.08. The number of halogens is 1. The van der Waals surface area contributed by atoms with Crippen molar-refractivity contribution in [2.75, 3.05) is 5.32 Å². The minimum atomic E-state index is 0.866. The first kappa shape index (κ1) is 13.1. The second-order valence-corrected chi connectivity index (χ2v) is 5.48. The van der Waals surface area contributed by atoms with Crippen LogP contribution in [0.4, 0.5) is 11.5 Å². The maximum atomic E-state index is 4.38. The average Bonchev–Trinajstić information content (AvgIpc) is 2.28. The van der Waals surface area contributed by atoms with Gasteiger partial charge in [0.25, 0.3) is 0 Å². The highest BCUT2D eigenvalue weighted by atomic mass is 79.9. The Kier molecular flexibility index (Phi) is 3.71. The van der Waals surface area contributed by atoms with Crippen LogP contribution in [0.5, 0.6) is 0 Å². The van der Waals surface area contributed by atoms with E-state index >= 15 is 0 Å². The van der Waals surface area contributed by atoms with Gasteiger partial charge in [-0.1, -0.05) is 17.7 Å². The predicted molar refractivity (Wildman–Crippen MR) is 80.6 cm³/mol. The van der Waals surface area contributed by atoms with Gasteiger partial charge in [0.05, 0.1) is 4.47 Å². The maximum Gasteiger partial charge on any atom is 0.144 e. The number of nitrogens with one attached hydrogen (secondary N) is 1. The van der Waals surface area contributed by atoms with Crippen molar-refractivity contribution in [1.29, 1.82) is 0 Å². The SMILES string of the molecule is Cc1cc(C)c(Nc2nccc(C)c2Br)c(C)c1. The molecule has 0 saturated carbocycles. The second kappa shape index (κ2) is 5.11. The lowest BCUT2D eigenvalue weighted by Gasteiger charge is -2.15. The van der Waals surface area contributed by atoms with Gasteiger partial charge in [0.15, 0.2) is 0 Å². The number of anilines is 2. The summed E-state index contributed by atoms with van der Waals surface area (Å²) in [6.45, 7) is 8.41. The van der Waals surface area contributed by atoms with Crippen LogP contribution in [0.15, 0.2) is 28.9 Å². The first-order chi connectivity index (χ1) is 8.49. The van der Waals surface area contributed by atoms with Gasteiger partial charge in [0.1, 0.15) is 5.82 Å². The summed E-state index contributed by atoms with van der Waals surface area (Å²) < 4.78 is 1.02. The van der Waals surface area contributed by atoms with Crippen molar-refractivity contribution in [2.24, 2.45) is 0 Å². The molecule has 0 aliphatic carbocycles. The Bertz CT molecular complexity index is 568. The smallest absolute Gasteiger partial charge is 0.144 e. The van der Waals surface area contributed by atoms with Gasteiger partial charge in [0.2, 0.25) is 0 Å². The molecule has 2 nitrogen and oxygen atoms in total. The Morgan fingerprint density at radius 2 is 1.61 bits per heavy atom.